The van der Waals surface area contributed by atoms with Crippen LogP contribution in [0.15, 0.2) is 58.6 Å². The van der Waals surface area contributed by atoms with Crippen LogP contribution in [0.25, 0.3) is 17.0 Å². The third-order valence-electron chi connectivity index (χ3n) is 6.36. The van der Waals surface area contributed by atoms with Crippen molar-refractivity contribution in [2.75, 3.05) is 48.6 Å². The zero-order valence-corrected chi connectivity index (χ0v) is 23.3. The SMILES string of the molecule is CCS(=O)(=O)Nc1ccc(Cl)c(N=C2NC(=O)/C(=C/c3ccc4nccc(N5CCN(C)CC5)c4c3)S2)c1. The molecule has 0 bridgehead atoms. The van der Waals surface area contributed by atoms with Gasteiger partial charge in [0.25, 0.3) is 5.91 Å². The minimum Gasteiger partial charge on any atom is -0.368 e. The van der Waals surface area contributed by atoms with Crippen molar-refractivity contribution in [3.05, 3.63) is 64.2 Å². The number of carbonyl (C=O) groups excluding carboxylic acids is 1. The van der Waals surface area contributed by atoms with Gasteiger partial charge in [-0.05, 0) is 73.8 Å². The molecular formula is C26H27ClN6O3S2. The molecule has 2 saturated heterocycles. The van der Waals surface area contributed by atoms with Crippen molar-refractivity contribution < 1.29 is 13.2 Å². The van der Waals surface area contributed by atoms with Crippen LogP contribution < -0.4 is 14.9 Å². The summed E-state index contributed by atoms with van der Waals surface area (Å²) in [7, 11) is -1.31. The van der Waals surface area contributed by atoms with E-state index < -0.39 is 10.0 Å². The number of pyridine rings is 1. The van der Waals surface area contributed by atoms with Crippen molar-refractivity contribution >= 4 is 78.5 Å². The number of aromatic nitrogens is 1. The number of carbonyl (C=O) groups is 1. The first-order chi connectivity index (χ1) is 18.2. The molecule has 0 spiro atoms. The summed E-state index contributed by atoms with van der Waals surface area (Å²) >= 11 is 7.49. The number of likely N-dealkylation sites (N-methyl/N-ethyl adjacent to an activating group) is 1. The maximum Gasteiger partial charge on any atom is 0.264 e. The second-order valence-corrected chi connectivity index (χ2v) is 12.5. The lowest BCUT2D eigenvalue weighted by Crippen LogP contribution is -2.44. The zero-order chi connectivity index (χ0) is 26.9. The Morgan fingerprint density at radius 1 is 1.16 bits per heavy atom. The van der Waals surface area contributed by atoms with Gasteiger partial charge in [-0.15, -0.1) is 0 Å². The van der Waals surface area contributed by atoms with E-state index in [1.165, 1.54) is 17.8 Å². The van der Waals surface area contributed by atoms with Crippen molar-refractivity contribution in [2.24, 2.45) is 4.99 Å². The largest absolute Gasteiger partial charge is 0.368 e. The Morgan fingerprint density at radius 2 is 1.95 bits per heavy atom. The zero-order valence-electron chi connectivity index (χ0n) is 20.9. The average Bonchev–Trinajstić information content (AvgIpc) is 3.24. The molecule has 2 N–H and O–H groups in total. The van der Waals surface area contributed by atoms with Gasteiger partial charge in [-0.2, -0.15) is 0 Å². The minimum absolute atomic E-state index is 0.0543. The van der Waals surface area contributed by atoms with Crippen LogP contribution in [-0.2, 0) is 14.8 Å². The van der Waals surface area contributed by atoms with Gasteiger partial charge in [-0.1, -0.05) is 17.7 Å². The molecule has 5 rings (SSSR count). The molecule has 0 radical (unpaired) electrons. The summed E-state index contributed by atoms with van der Waals surface area (Å²) in [6, 6.07) is 12.7. The number of anilines is 2. The van der Waals surface area contributed by atoms with Gasteiger partial charge in [0.2, 0.25) is 10.0 Å². The molecule has 2 aliphatic heterocycles. The highest BCUT2D eigenvalue weighted by Crippen LogP contribution is 2.34. The summed E-state index contributed by atoms with van der Waals surface area (Å²) in [4.78, 5) is 26.9. The van der Waals surface area contributed by atoms with Crippen LogP contribution in [0, 0.1) is 0 Å². The Bertz CT molecular complexity index is 1570. The summed E-state index contributed by atoms with van der Waals surface area (Å²) in [5, 5.41) is 4.51. The molecule has 9 nitrogen and oxygen atoms in total. The molecule has 2 aromatic carbocycles. The molecule has 2 fully saturated rings. The van der Waals surface area contributed by atoms with E-state index in [1.54, 1.807) is 19.1 Å². The number of aliphatic imine (C=N–C) groups is 1. The number of fused-ring (bicyclic) bond motifs is 1. The topological polar surface area (TPSA) is 107 Å². The quantitative estimate of drug-likeness (QED) is 0.426. The Labute approximate surface area is 231 Å². The first kappa shape index (κ1) is 26.5. The smallest absolute Gasteiger partial charge is 0.264 e. The Kier molecular flexibility index (Phi) is 7.62. The predicted octanol–water partition coefficient (Wildman–Crippen LogP) is 4.29. The fourth-order valence-corrected chi connectivity index (χ4v) is 5.84. The monoisotopic (exact) mass is 570 g/mol. The number of nitrogens with zero attached hydrogens (tertiary/aromatic N) is 4. The van der Waals surface area contributed by atoms with Crippen molar-refractivity contribution in [2.45, 2.75) is 6.92 Å². The first-order valence-electron chi connectivity index (χ1n) is 12.1. The number of thioether (sulfide) groups is 1. The highest BCUT2D eigenvalue weighted by molar-refractivity contribution is 8.18. The van der Waals surface area contributed by atoms with Crippen molar-refractivity contribution in [1.82, 2.24) is 15.2 Å². The van der Waals surface area contributed by atoms with Gasteiger partial charge in [-0.25, -0.2) is 13.4 Å². The van der Waals surface area contributed by atoms with E-state index in [1.807, 2.05) is 30.5 Å². The molecule has 1 amide bonds. The number of nitrogens with one attached hydrogen (secondary N) is 2. The third-order valence-corrected chi connectivity index (χ3v) is 8.89. The van der Waals surface area contributed by atoms with Gasteiger partial charge < -0.3 is 15.1 Å². The minimum atomic E-state index is -3.45. The maximum absolute atomic E-state index is 12.7. The van der Waals surface area contributed by atoms with Crippen LogP contribution in [0.2, 0.25) is 5.02 Å². The number of piperazine rings is 1. The second-order valence-electron chi connectivity index (χ2n) is 9.05. The molecule has 198 valence electrons. The lowest BCUT2D eigenvalue weighted by Gasteiger charge is -2.34. The highest BCUT2D eigenvalue weighted by Gasteiger charge is 2.24. The summed E-state index contributed by atoms with van der Waals surface area (Å²) in [5.74, 6) is -0.320. The number of rotatable bonds is 6. The van der Waals surface area contributed by atoms with E-state index >= 15 is 0 Å². The fourth-order valence-electron chi connectivity index (χ4n) is 4.22. The molecule has 3 heterocycles. The van der Waals surface area contributed by atoms with Crippen LogP contribution in [0.5, 0.6) is 0 Å². The maximum atomic E-state index is 12.7. The molecule has 3 aromatic rings. The van der Waals surface area contributed by atoms with Gasteiger partial charge in [0.05, 0.1) is 32.6 Å². The molecule has 38 heavy (non-hydrogen) atoms. The second kappa shape index (κ2) is 10.9. The van der Waals surface area contributed by atoms with E-state index in [0.717, 1.165) is 48.3 Å². The van der Waals surface area contributed by atoms with Gasteiger partial charge in [-0.3, -0.25) is 14.5 Å². The lowest BCUT2D eigenvalue weighted by molar-refractivity contribution is -0.115. The van der Waals surface area contributed by atoms with E-state index in [2.05, 4.69) is 42.9 Å². The van der Waals surface area contributed by atoms with Crippen LogP contribution in [0.3, 0.4) is 0 Å². The van der Waals surface area contributed by atoms with E-state index in [0.29, 0.717) is 26.5 Å². The number of amides is 1. The van der Waals surface area contributed by atoms with Gasteiger partial charge in [0.1, 0.15) is 0 Å². The number of hydrogen-bond acceptors (Lipinski definition) is 8. The summed E-state index contributed by atoms with van der Waals surface area (Å²) < 4.78 is 26.3. The van der Waals surface area contributed by atoms with Crippen molar-refractivity contribution in [3.63, 3.8) is 0 Å². The van der Waals surface area contributed by atoms with E-state index in [4.69, 9.17) is 11.6 Å². The first-order valence-corrected chi connectivity index (χ1v) is 15.0. The standard InChI is InChI=1S/C26H27ClN6O3S2/c1-3-38(35,36)31-18-5-6-20(27)22(16-18)29-26-30-25(34)24(37-26)15-17-4-7-21-19(14-17)23(8-9-28-21)33-12-10-32(2)11-13-33/h4-9,14-16,31H,3,10-13H2,1-2H3,(H,29,30,34)/b24-15-. The fraction of sp³-hybridized carbons (Fsp3) is 0.269. The molecule has 0 saturated carbocycles. The van der Waals surface area contributed by atoms with Crippen LogP contribution in [-0.4, -0.2) is 68.4 Å². The summed E-state index contributed by atoms with van der Waals surface area (Å²) in [6.45, 7) is 5.45. The van der Waals surface area contributed by atoms with E-state index in [9.17, 15) is 13.2 Å². The van der Waals surface area contributed by atoms with Gasteiger partial charge >= 0.3 is 0 Å². The third kappa shape index (κ3) is 5.96. The molecule has 0 atom stereocenters. The van der Waals surface area contributed by atoms with Crippen molar-refractivity contribution in [1.29, 1.82) is 0 Å². The molecule has 12 heteroatoms. The molecule has 2 aliphatic rings. The Morgan fingerprint density at radius 3 is 2.71 bits per heavy atom. The average molecular weight is 571 g/mol. The van der Waals surface area contributed by atoms with Crippen molar-refractivity contribution in [3.8, 4) is 0 Å². The number of halogens is 1. The van der Waals surface area contributed by atoms with Crippen LogP contribution in [0.4, 0.5) is 17.1 Å². The normalized spacial score (nSPS) is 18.9. The molecule has 0 aliphatic carbocycles. The highest BCUT2D eigenvalue weighted by atomic mass is 35.5. The molecule has 0 unspecified atom stereocenters. The van der Waals surface area contributed by atoms with Gasteiger partial charge in [0.15, 0.2) is 5.17 Å². The Hall–Kier alpha value is -3.12. The summed E-state index contributed by atoms with van der Waals surface area (Å²) in [5.41, 5.74) is 3.63. The number of sulfonamides is 1. The summed E-state index contributed by atoms with van der Waals surface area (Å²) in [6.07, 6.45) is 3.67. The van der Waals surface area contributed by atoms with Crippen LogP contribution >= 0.6 is 23.4 Å². The molecular weight excluding hydrogens is 544 g/mol. The molecule has 1 aromatic heterocycles. The van der Waals surface area contributed by atoms with E-state index in [-0.39, 0.29) is 11.7 Å². The number of benzene rings is 2. The lowest BCUT2D eigenvalue weighted by atomic mass is 10.1. The predicted molar refractivity (Wildman–Crippen MR) is 157 cm³/mol. The van der Waals surface area contributed by atoms with Gasteiger partial charge in [0, 0.05) is 43.4 Å². The number of hydrogen-bond donors (Lipinski definition) is 2. The van der Waals surface area contributed by atoms with Crippen LogP contribution in [0.1, 0.15) is 12.5 Å². The Balaban J connectivity index is 1.40. The number of amidine groups is 1.